The van der Waals surface area contributed by atoms with Gasteiger partial charge >= 0.3 is 0 Å². The Morgan fingerprint density at radius 2 is 1.96 bits per heavy atom. The summed E-state index contributed by atoms with van der Waals surface area (Å²) in [6, 6.07) is 5.81. The minimum Gasteiger partial charge on any atom is -0.493 e. The standard InChI is InChI=1S/C17H29N3O3/c1-5-18-17(19-11-8-12-23-6-2)20-13-14-9-7-10-15(21-3)16(14)22-4/h7,9-10H,5-6,8,11-13H2,1-4H3,(H2,18,19,20). The summed E-state index contributed by atoms with van der Waals surface area (Å²) in [5, 5.41) is 6.54. The normalized spacial score (nSPS) is 11.2. The summed E-state index contributed by atoms with van der Waals surface area (Å²) in [6.45, 7) is 7.70. The lowest BCUT2D eigenvalue weighted by Crippen LogP contribution is -2.38. The molecule has 0 saturated heterocycles. The van der Waals surface area contributed by atoms with Crippen molar-refractivity contribution < 1.29 is 14.2 Å². The highest BCUT2D eigenvalue weighted by atomic mass is 16.5. The first kappa shape index (κ1) is 19.1. The highest BCUT2D eigenvalue weighted by Gasteiger charge is 2.09. The summed E-state index contributed by atoms with van der Waals surface area (Å²) < 4.78 is 16.1. The van der Waals surface area contributed by atoms with Crippen LogP contribution in [0.2, 0.25) is 0 Å². The molecule has 0 atom stereocenters. The van der Waals surface area contributed by atoms with Gasteiger partial charge < -0.3 is 24.8 Å². The van der Waals surface area contributed by atoms with Crippen molar-refractivity contribution in [3.63, 3.8) is 0 Å². The highest BCUT2D eigenvalue weighted by Crippen LogP contribution is 2.30. The molecular weight excluding hydrogens is 294 g/mol. The molecule has 23 heavy (non-hydrogen) atoms. The van der Waals surface area contributed by atoms with Gasteiger partial charge in [-0.2, -0.15) is 0 Å². The molecule has 0 saturated carbocycles. The van der Waals surface area contributed by atoms with Crippen molar-refractivity contribution in [3.05, 3.63) is 23.8 Å². The van der Waals surface area contributed by atoms with Crippen molar-refractivity contribution in [2.24, 2.45) is 4.99 Å². The third kappa shape index (κ3) is 6.78. The minimum atomic E-state index is 0.515. The van der Waals surface area contributed by atoms with Gasteiger partial charge in [0.15, 0.2) is 17.5 Å². The number of hydrogen-bond acceptors (Lipinski definition) is 4. The lowest BCUT2D eigenvalue weighted by atomic mass is 10.2. The Morgan fingerprint density at radius 3 is 2.61 bits per heavy atom. The Hall–Kier alpha value is -1.95. The van der Waals surface area contributed by atoms with Crippen LogP contribution in [0.5, 0.6) is 11.5 Å². The fraction of sp³-hybridized carbons (Fsp3) is 0.588. The average Bonchev–Trinajstić information content (AvgIpc) is 2.58. The van der Waals surface area contributed by atoms with Crippen LogP contribution in [0.4, 0.5) is 0 Å². The number of benzene rings is 1. The van der Waals surface area contributed by atoms with E-state index in [1.807, 2.05) is 32.0 Å². The monoisotopic (exact) mass is 323 g/mol. The summed E-state index contributed by atoms with van der Waals surface area (Å²) in [4.78, 5) is 4.60. The molecule has 130 valence electrons. The molecule has 6 heteroatoms. The van der Waals surface area contributed by atoms with E-state index in [-0.39, 0.29) is 0 Å². The number of methoxy groups -OCH3 is 2. The van der Waals surface area contributed by atoms with Crippen molar-refractivity contribution in [3.8, 4) is 11.5 Å². The van der Waals surface area contributed by atoms with Crippen LogP contribution in [0.15, 0.2) is 23.2 Å². The Kier molecular flexibility index (Phi) is 9.63. The van der Waals surface area contributed by atoms with Crippen molar-refractivity contribution in [1.29, 1.82) is 0 Å². The lowest BCUT2D eigenvalue weighted by molar-refractivity contribution is 0.145. The van der Waals surface area contributed by atoms with E-state index >= 15 is 0 Å². The van der Waals surface area contributed by atoms with Gasteiger partial charge in [-0.3, -0.25) is 0 Å². The summed E-state index contributed by atoms with van der Waals surface area (Å²) in [5.74, 6) is 2.23. The van der Waals surface area contributed by atoms with Gasteiger partial charge in [0.05, 0.1) is 20.8 Å². The number of rotatable bonds is 10. The second kappa shape index (κ2) is 11.6. The number of hydrogen-bond donors (Lipinski definition) is 2. The van der Waals surface area contributed by atoms with Crippen LogP contribution >= 0.6 is 0 Å². The molecule has 0 aliphatic heterocycles. The summed E-state index contributed by atoms with van der Waals surface area (Å²) in [7, 11) is 3.27. The van der Waals surface area contributed by atoms with Crippen LogP contribution in [0.25, 0.3) is 0 Å². The molecule has 1 aromatic carbocycles. The number of para-hydroxylation sites is 1. The van der Waals surface area contributed by atoms with Crippen molar-refractivity contribution in [1.82, 2.24) is 10.6 Å². The topological polar surface area (TPSA) is 64.1 Å². The molecular formula is C17H29N3O3. The van der Waals surface area contributed by atoms with E-state index in [1.165, 1.54) is 0 Å². The molecule has 0 heterocycles. The fourth-order valence-corrected chi connectivity index (χ4v) is 2.11. The second-order valence-electron chi connectivity index (χ2n) is 4.83. The zero-order valence-electron chi connectivity index (χ0n) is 14.6. The zero-order valence-corrected chi connectivity index (χ0v) is 14.6. The lowest BCUT2D eigenvalue weighted by Gasteiger charge is -2.13. The van der Waals surface area contributed by atoms with Crippen molar-refractivity contribution >= 4 is 5.96 Å². The molecule has 0 amide bonds. The zero-order chi connectivity index (χ0) is 16.9. The van der Waals surface area contributed by atoms with Crippen molar-refractivity contribution in [2.45, 2.75) is 26.8 Å². The number of aliphatic imine (C=N–C) groups is 1. The fourth-order valence-electron chi connectivity index (χ4n) is 2.11. The van der Waals surface area contributed by atoms with E-state index in [9.17, 15) is 0 Å². The van der Waals surface area contributed by atoms with Crippen LogP contribution in [0.1, 0.15) is 25.8 Å². The van der Waals surface area contributed by atoms with Crippen LogP contribution < -0.4 is 20.1 Å². The third-order valence-corrected chi connectivity index (χ3v) is 3.20. The number of ether oxygens (including phenoxy) is 3. The smallest absolute Gasteiger partial charge is 0.191 e. The van der Waals surface area contributed by atoms with Crippen LogP contribution in [-0.2, 0) is 11.3 Å². The summed E-state index contributed by atoms with van der Waals surface area (Å²) in [5.41, 5.74) is 0.985. The molecule has 2 N–H and O–H groups in total. The Labute approximate surface area is 139 Å². The van der Waals surface area contributed by atoms with Crippen molar-refractivity contribution in [2.75, 3.05) is 40.5 Å². The Morgan fingerprint density at radius 1 is 1.13 bits per heavy atom. The Bertz CT molecular complexity index is 478. The maximum Gasteiger partial charge on any atom is 0.191 e. The largest absolute Gasteiger partial charge is 0.493 e. The summed E-state index contributed by atoms with van der Waals surface area (Å²) in [6.07, 6.45) is 0.945. The summed E-state index contributed by atoms with van der Waals surface area (Å²) >= 11 is 0. The van der Waals surface area contributed by atoms with E-state index in [0.29, 0.717) is 6.54 Å². The maximum atomic E-state index is 5.43. The molecule has 0 bridgehead atoms. The van der Waals surface area contributed by atoms with Gasteiger partial charge in [0.2, 0.25) is 0 Å². The molecule has 0 spiro atoms. The van der Waals surface area contributed by atoms with Crippen LogP contribution in [0.3, 0.4) is 0 Å². The first-order valence-corrected chi connectivity index (χ1v) is 8.06. The van der Waals surface area contributed by atoms with E-state index in [0.717, 1.165) is 55.7 Å². The minimum absolute atomic E-state index is 0.515. The molecule has 1 aromatic rings. The van der Waals surface area contributed by atoms with E-state index in [4.69, 9.17) is 14.2 Å². The number of guanidine groups is 1. The quantitative estimate of drug-likeness (QED) is 0.392. The van der Waals surface area contributed by atoms with Gasteiger partial charge in [-0.15, -0.1) is 0 Å². The number of nitrogens with zero attached hydrogens (tertiary/aromatic N) is 1. The predicted molar refractivity (Wildman–Crippen MR) is 93.5 cm³/mol. The van der Waals surface area contributed by atoms with E-state index < -0.39 is 0 Å². The highest BCUT2D eigenvalue weighted by molar-refractivity contribution is 5.79. The molecule has 0 aliphatic rings. The van der Waals surface area contributed by atoms with Gasteiger partial charge in [0.25, 0.3) is 0 Å². The molecule has 0 aromatic heterocycles. The van der Waals surface area contributed by atoms with Gasteiger partial charge in [-0.1, -0.05) is 12.1 Å². The maximum absolute atomic E-state index is 5.43. The van der Waals surface area contributed by atoms with Crippen LogP contribution in [-0.4, -0.2) is 46.5 Å². The molecule has 0 radical (unpaired) electrons. The van der Waals surface area contributed by atoms with Gasteiger partial charge in [-0.25, -0.2) is 4.99 Å². The molecule has 6 nitrogen and oxygen atoms in total. The Balaban J connectivity index is 2.66. The molecule has 0 fully saturated rings. The van der Waals surface area contributed by atoms with Crippen LogP contribution in [0, 0.1) is 0 Å². The molecule has 0 aliphatic carbocycles. The van der Waals surface area contributed by atoms with Gasteiger partial charge in [0.1, 0.15) is 0 Å². The first-order valence-electron chi connectivity index (χ1n) is 8.06. The van der Waals surface area contributed by atoms with Gasteiger partial charge in [-0.05, 0) is 26.3 Å². The predicted octanol–water partition coefficient (Wildman–Crippen LogP) is 2.19. The SMILES string of the molecule is CCNC(=NCc1cccc(OC)c1OC)NCCCOCC. The first-order chi connectivity index (χ1) is 11.3. The van der Waals surface area contributed by atoms with E-state index in [2.05, 4.69) is 15.6 Å². The van der Waals surface area contributed by atoms with E-state index in [1.54, 1.807) is 14.2 Å². The average molecular weight is 323 g/mol. The second-order valence-corrected chi connectivity index (χ2v) is 4.83. The molecule has 1 rings (SSSR count). The van der Waals surface area contributed by atoms with Gasteiger partial charge in [0, 0.05) is 31.9 Å². The number of nitrogens with one attached hydrogen (secondary N) is 2. The third-order valence-electron chi connectivity index (χ3n) is 3.20. The molecule has 0 unspecified atom stereocenters.